The Kier molecular flexibility index (Phi) is 7.55. The molecule has 0 fully saturated rings. The zero-order valence-corrected chi connectivity index (χ0v) is 11.6. The molecule has 0 aromatic heterocycles. The molecule has 3 amide bonds. The van der Waals surface area contributed by atoms with Crippen LogP contribution in [0.2, 0.25) is 0 Å². The van der Waals surface area contributed by atoms with Crippen molar-refractivity contribution >= 4 is 17.9 Å². The predicted molar refractivity (Wildman–Crippen MR) is 70.4 cm³/mol. The number of carboxylic acids is 1. The zero-order valence-electron chi connectivity index (χ0n) is 11.6. The van der Waals surface area contributed by atoms with E-state index >= 15 is 0 Å². The van der Waals surface area contributed by atoms with E-state index in [9.17, 15) is 14.4 Å². The number of hydrogen-bond acceptors (Lipinski definition) is 3. The Balaban J connectivity index is 4.37. The number of nitrogens with two attached hydrogens (primary N) is 1. The van der Waals surface area contributed by atoms with Crippen LogP contribution in [0.3, 0.4) is 0 Å². The van der Waals surface area contributed by atoms with Crippen molar-refractivity contribution in [1.82, 2.24) is 10.6 Å². The maximum Gasteiger partial charge on any atom is 0.312 e. The van der Waals surface area contributed by atoms with Gasteiger partial charge < -0.3 is 21.5 Å². The van der Waals surface area contributed by atoms with Crippen LogP contribution in [-0.2, 0) is 9.59 Å². The number of hydrogen-bond donors (Lipinski definition) is 4. The van der Waals surface area contributed by atoms with Gasteiger partial charge in [-0.25, -0.2) is 4.79 Å². The summed E-state index contributed by atoms with van der Waals surface area (Å²) in [7, 11) is 0. The van der Waals surface area contributed by atoms with Crippen LogP contribution in [0.15, 0.2) is 0 Å². The van der Waals surface area contributed by atoms with Gasteiger partial charge >= 0.3 is 12.0 Å². The van der Waals surface area contributed by atoms with Crippen molar-refractivity contribution in [3.05, 3.63) is 0 Å². The monoisotopic (exact) mass is 273 g/mol. The average molecular weight is 273 g/mol. The molecule has 0 rings (SSSR count). The summed E-state index contributed by atoms with van der Waals surface area (Å²) < 4.78 is 0. The fourth-order valence-electron chi connectivity index (χ4n) is 1.63. The SMILES string of the molecule is CC(C)CC(NC(N)=O)C(=O)NC(C)CCC(=O)O. The fraction of sp³-hybridized carbons (Fsp3) is 0.750. The zero-order chi connectivity index (χ0) is 15.0. The van der Waals surface area contributed by atoms with Gasteiger partial charge in [0.15, 0.2) is 0 Å². The highest BCUT2D eigenvalue weighted by molar-refractivity contribution is 5.86. The van der Waals surface area contributed by atoms with Crippen LogP contribution < -0.4 is 16.4 Å². The van der Waals surface area contributed by atoms with Gasteiger partial charge in [0.25, 0.3) is 0 Å². The van der Waals surface area contributed by atoms with Gasteiger partial charge in [-0.1, -0.05) is 13.8 Å². The van der Waals surface area contributed by atoms with Gasteiger partial charge in [-0.3, -0.25) is 9.59 Å². The molecule has 0 saturated heterocycles. The maximum absolute atomic E-state index is 11.9. The van der Waals surface area contributed by atoms with Crippen LogP contribution in [-0.4, -0.2) is 35.1 Å². The van der Waals surface area contributed by atoms with Gasteiger partial charge in [0.05, 0.1) is 0 Å². The predicted octanol–water partition coefficient (Wildman–Crippen LogP) is 0.439. The normalized spacial score (nSPS) is 13.7. The molecule has 2 unspecified atom stereocenters. The summed E-state index contributed by atoms with van der Waals surface area (Å²) in [5, 5.41) is 13.6. The summed E-state index contributed by atoms with van der Waals surface area (Å²) in [6.07, 6.45) is 0.798. The molecule has 7 nitrogen and oxygen atoms in total. The minimum absolute atomic E-state index is 0.0143. The number of urea groups is 1. The van der Waals surface area contributed by atoms with Crippen molar-refractivity contribution in [2.24, 2.45) is 11.7 Å². The number of nitrogens with one attached hydrogen (secondary N) is 2. The molecule has 0 heterocycles. The molecular formula is C12H23N3O4. The van der Waals surface area contributed by atoms with Crippen LogP contribution >= 0.6 is 0 Å². The molecule has 7 heteroatoms. The van der Waals surface area contributed by atoms with E-state index in [4.69, 9.17) is 10.8 Å². The Hall–Kier alpha value is -1.79. The fourth-order valence-corrected chi connectivity index (χ4v) is 1.63. The van der Waals surface area contributed by atoms with Crippen LogP contribution in [0.25, 0.3) is 0 Å². The first-order valence-corrected chi connectivity index (χ1v) is 6.30. The average Bonchev–Trinajstić information content (AvgIpc) is 2.24. The molecule has 5 N–H and O–H groups in total. The van der Waals surface area contributed by atoms with E-state index < -0.39 is 18.0 Å². The number of carbonyl (C=O) groups excluding carboxylic acids is 2. The van der Waals surface area contributed by atoms with E-state index in [1.807, 2.05) is 13.8 Å². The third-order valence-electron chi connectivity index (χ3n) is 2.52. The minimum atomic E-state index is -0.907. The third-order valence-corrected chi connectivity index (χ3v) is 2.52. The minimum Gasteiger partial charge on any atom is -0.481 e. The smallest absolute Gasteiger partial charge is 0.312 e. The molecule has 0 spiro atoms. The number of carbonyl (C=O) groups is 3. The first-order valence-electron chi connectivity index (χ1n) is 6.30. The van der Waals surface area contributed by atoms with Gasteiger partial charge in [0.1, 0.15) is 6.04 Å². The molecule has 0 radical (unpaired) electrons. The molecule has 0 aliphatic rings. The summed E-state index contributed by atoms with van der Waals surface area (Å²) in [5.41, 5.74) is 5.03. The summed E-state index contributed by atoms with van der Waals surface area (Å²) >= 11 is 0. The van der Waals surface area contributed by atoms with Gasteiger partial charge in [-0.2, -0.15) is 0 Å². The second-order valence-electron chi connectivity index (χ2n) is 5.03. The first-order chi connectivity index (χ1) is 8.72. The lowest BCUT2D eigenvalue weighted by Crippen LogP contribution is -2.51. The van der Waals surface area contributed by atoms with Gasteiger partial charge in [0, 0.05) is 12.5 Å². The second-order valence-corrected chi connectivity index (χ2v) is 5.03. The summed E-state index contributed by atoms with van der Waals surface area (Å²) in [6.45, 7) is 5.57. The van der Waals surface area contributed by atoms with Crippen molar-refractivity contribution in [1.29, 1.82) is 0 Å². The van der Waals surface area contributed by atoms with Crippen molar-refractivity contribution in [2.45, 2.75) is 52.1 Å². The van der Waals surface area contributed by atoms with E-state index in [0.717, 1.165) is 0 Å². The molecule has 2 atom stereocenters. The van der Waals surface area contributed by atoms with Gasteiger partial charge in [-0.15, -0.1) is 0 Å². The molecule has 0 aliphatic carbocycles. The third kappa shape index (κ3) is 8.87. The highest BCUT2D eigenvalue weighted by atomic mass is 16.4. The Labute approximate surface area is 112 Å². The Bertz CT molecular complexity index is 331. The Morgan fingerprint density at radius 1 is 1.16 bits per heavy atom. The molecule has 0 saturated carbocycles. The van der Waals surface area contributed by atoms with E-state index in [-0.39, 0.29) is 24.3 Å². The maximum atomic E-state index is 11.9. The molecule has 0 bridgehead atoms. The van der Waals surface area contributed by atoms with Gasteiger partial charge in [-0.05, 0) is 25.7 Å². The van der Waals surface area contributed by atoms with Crippen LogP contribution in [0.1, 0.15) is 40.0 Å². The highest BCUT2D eigenvalue weighted by Gasteiger charge is 2.22. The second kappa shape index (κ2) is 8.34. The molecular weight excluding hydrogens is 250 g/mol. The van der Waals surface area contributed by atoms with E-state index in [1.54, 1.807) is 6.92 Å². The molecule has 110 valence electrons. The topological polar surface area (TPSA) is 122 Å². The van der Waals surface area contributed by atoms with E-state index in [2.05, 4.69) is 10.6 Å². The Morgan fingerprint density at radius 2 is 1.74 bits per heavy atom. The summed E-state index contributed by atoms with van der Waals surface area (Å²) in [4.78, 5) is 33.2. The van der Waals surface area contributed by atoms with Crippen LogP contribution in [0.4, 0.5) is 4.79 Å². The number of aliphatic carboxylic acids is 1. The largest absolute Gasteiger partial charge is 0.481 e. The number of amides is 3. The molecule has 0 aliphatic heterocycles. The quantitative estimate of drug-likeness (QED) is 0.512. The molecule has 0 aromatic rings. The van der Waals surface area contributed by atoms with E-state index in [0.29, 0.717) is 12.8 Å². The lowest BCUT2D eigenvalue weighted by Gasteiger charge is -2.21. The highest BCUT2D eigenvalue weighted by Crippen LogP contribution is 2.06. The molecule has 0 aromatic carbocycles. The standard InChI is InChI=1S/C12H23N3O4/c1-7(2)6-9(15-12(13)19)11(18)14-8(3)4-5-10(16)17/h7-9H,4-6H2,1-3H3,(H,14,18)(H,16,17)(H3,13,15,19). The first kappa shape index (κ1) is 17.2. The summed E-state index contributed by atoms with van der Waals surface area (Å²) in [6, 6.07) is -1.71. The number of carboxylic acid groups (broad SMARTS) is 1. The van der Waals surface area contributed by atoms with Gasteiger partial charge in [0.2, 0.25) is 5.91 Å². The van der Waals surface area contributed by atoms with Crippen molar-refractivity contribution in [3.63, 3.8) is 0 Å². The lowest BCUT2D eigenvalue weighted by atomic mass is 10.0. The Morgan fingerprint density at radius 3 is 2.16 bits per heavy atom. The molecule has 19 heavy (non-hydrogen) atoms. The van der Waals surface area contributed by atoms with Crippen LogP contribution in [0, 0.1) is 5.92 Å². The van der Waals surface area contributed by atoms with Crippen molar-refractivity contribution in [3.8, 4) is 0 Å². The van der Waals surface area contributed by atoms with E-state index in [1.165, 1.54) is 0 Å². The van der Waals surface area contributed by atoms with Crippen molar-refractivity contribution in [2.75, 3.05) is 0 Å². The van der Waals surface area contributed by atoms with Crippen LogP contribution in [0.5, 0.6) is 0 Å². The lowest BCUT2D eigenvalue weighted by molar-refractivity contribution is -0.137. The summed E-state index contributed by atoms with van der Waals surface area (Å²) in [5.74, 6) is -1.03. The van der Waals surface area contributed by atoms with Crippen molar-refractivity contribution < 1.29 is 19.5 Å². The number of primary amides is 1. The number of rotatable bonds is 8.